The molecule has 1 aliphatic carbocycles. The van der Waals surface area contributed by atoms with Gasteiger partial charge in [0.1, 0.15) is 18.7 Å². The quantitative estimate of drug-likeness (QED) is 0.333. The van der Waals surface area contributed by atoms with Gasteiger partial charge in [-0.3, -0.25) is 9.48 Å². The number of carboxylic acid groups (broad SMARTS) is 1. The van der Waals surface area contributed by atoms with Crippen molar-refractivity contribution >= 4 is 30.9 Å². The molecular weight excluding hydrogens is 436 g/mol. The van der Waals surface area contributed by atoms with Gasteiger partial charge in [-0.05, 0) is 30.9 Å². The monoisotopic (exact) mass is 470 g/mol. The fourth-order valence-corrected chi connectivity index (χ4v) is 5.38. The van der Waals surface area contributed by atoms with Crippen molar-refractivity contribution < 1.29 is 14.6 Å². The lowest BCUT2D eigenvalue weighted by atomic mass is 9.95. The second-order valence-electron chi connectivity index (χ2n) is 10.2. The highest BCUT2D eigenvalue weighted by molar-refractivity contribution is 6.76. The molecule has 1 atom stereocenters. The Balaban J connectivity index is 1.59. The Kier molecular flexibility index (Phi) is 6.85. The maximum atomic E-state index is 11.5. The Morgan fingerprint density at radius 3 is 2.76 bits per heavy atom. The predicted octanol–water partition coefficient (Wildman–Crippen LogP) is 4.40. The van der Waals surface area contributed by atoms with E-state index in [1.54, 1.807) is 4.68 Å². The molecule has 0 amide bonds. The average Bonchev–Trinajstić information content (AvgIpc) is 3.49. The fourth-order valence-electron chi connectivity index (χ4n) is 4.62. The first-order valence-corrected chi connectivity index (χ1v) is 15.4. The van der Waals surface area contributed by atoms with Gasteiger partial charge in [-0.2, -0.15) is 5.10 Å². The van der Waals surface area contributed by atoms with Crippen LogP contribution < -0.4 is 5.73 Å². The molecule has 0 radical (unpaired) electrons. The van der Waals surface area contributed by atoms with Crippen molar-refractivity contribution in [2.24, 2.45) is 5.92 Å². The fraction of sp³-hybridized carbons (Fsp3) is 0.565. The van der Waals surface area contributed by atoms with E-state index in [0.29, 0.717) is 29.7 Å². The summed E-state index contributed by atoms with van der Waals surface area (Å²) in [5, 5.41) is 14.9. The van der Waals surface area contributed by atoms with Crippen molar-refractivity contribution in [3.8, 4) is 11.3 Å². The molecule has 0 spiro atoms. The van der Waals surface area contributed by atoms with Gasteiger partial charge in [0.15, 0.2) is 5.82 Å². The van der Waals surface area contributed by atoms with Gasteiger partial charge in [0.05, 0.1) is 23.7 Å². The minimum Gasteiger partial charge on any atom is -0.481 e. The van der Waals surface area contributed by atoms with Crippen molar-refractivity contribution in [2.75, 3.05) is 12.3 Å². The zero-order chi connectivity index (χ0) is 23.6. The summed E-state index contributed by atoms with van der Waals surface area (Å²) >= 11 is 0. The van der Waals surface area contributed by atoms with Crippen LogP contribution in [0.2, 0.25) is 25.7 Å². The van der Waals surface area contributed by atoms with Crippen molar-refractivity contribution in [3.63, 3.8) is 0 Å². The van der Waals surface area contributed by atoms with E-state index in [0.717, 1.165) is 49.4 Å². The highest BCUT2D eigenvalue weighted by atomic mass is 28.3. The minimum atomic E-state index is -1.14. The highest BCUT2D eigenvalue weighted by Crippen LogP contribution is 2.38. The predicted molar refractivity (Wildman–Crippen MR) is 131 cm³/mol. The SMILES string of the molecule is C[Si](C)(C)CCOCn1ccc2c(-c3cn([C@H](CC(=O)O)C4CCCC4)nc3N)ncnc21. The van der Waals surface area contributed by atoms with Gasteiger partial charge in [0, 0.05) is 32.5 Å². The van der Waals surface area contributed by atoms with Crippen molar-refractivity contribution in [2.45, 2.75) is 70.6 Å². The van der Waals surface area contributed by atoms with Gasteiger partial charge in [-0.1, -0.05) is 32.5 Å². The van der Waals surface area contributed by atoms with Gasteiger partial charge < -0.3 is 20.1 Å². The number of nitrogens with zero attached hydrogens (tertiary/aromatic N) is 5. The van der Waals surface area contributed by atoms with Crippen LogP contribution in [0.5, 0.6) is 0 Å². The Morgan fingerprint density at radius 2 is 2.06 bits per heavy atom. The van der Waals surface area contributed by atoms with Gasteiger partial charge in [-0.25, -0.2) is 9.97 Å². The average molecular weight is 471 g/mol. The summed E-state index contributed by atoms with van der Waals surface area (Å²) in [5.41, 5.74) is 8.49. The number of hydrogen-bond donors (Lipinski definition) is 2. The van der Waals surface area contributed by atoms with Crippen LogP contribution in [-0.4, -0.2) is 50.1 Å². The molecule has 3 aromatic rings. The summed E-state index contributed by atoms with van der Waals surface area (Å²) in [7, 11) is -1.14. The molecule has 9 nitrogen and oxygen atoms in total. The summed E-state index contributed by atoms with van der Waals surface area (Å²) in [6.07, 6.45) is 9.66. The largest absolute Gasteiger partial charge is 0.481 e. The van der Waals surface area contributed by atoms with Gasteiger partial charge >= 0.3 is 5.97 Å². The molecule has 1 fully saturated rings. The van der Waals surface area contributed by atoms with Crippen LogP contribution in [0, 0.1) is 5.92 Å². The van der Waals surface area contributed by atoms with Crippen molar-refractivity contribution in [1.29, 1.82) is 0 Å². The van der Waals surface area contributed by atoms with Crippen LogP contribution in [0.15, 0.2) is 24.8 Å². The number of ether oxygens (including phenoxy) is 1. The number of fused-ring (bicyclic) bond motifs is 1. The minimum absolute atomic E-state index is 0.0373. The lowest BCUT2D eigenvalue weighted by Crippen LogP contribution is -2.22. The number of nitrogens with two attached hydrogens (primary N) is 1. The number of aliphatic carboxylic acids is 1. The Bertz CT molecular complexity index is 1110. The second-order valence-corrected chi connectivity index (χ2v) is 15.8. The molecule has 1 saturated carbocycles. The first-order chi connectivity index (χ1) is 15.7. The van der Waals surface area contributed by atoms with E-state index >= 15 is 0 Å². The Labute approximate surface area is 195 Å². The maximum Gasteiger partial charge on any atom is 0.305 e. The summed E-state index contributed by atoms with van der Waals surface area (Å²) in [5.74, 6) is -0.172. The third-order valence-electron chi connectivity index (χ3n) is 6.47. The van der Waals surface area contributed by atoms with Crippen LogP contribution in [0.4, 0.5) is 5.82 Å². The molecule has 33 heavy (non-hydrogen) atoms. The summed E-state index contributed by atoms with van der Waals surface area (Å²) in [4.78, 5) is 20.5. The smallest absolute Gasteiger partial charge is 0.305 e. The number of anilines is 1. The summed E-state index contributed by atoms with van der Waals surface area (Å²) in [6, 6.07) is 2.87. The van der Waals surface area contributed by atoms with Crippen LogP contribution in [0.1, 0.15) is 38.1 Å². The van der Waals surface area contributed by atoms with E-state index in [-0.39, 0.29) is 12.5 Å². The Hall–Kier alpha value is -2.72. The van der Waals surface area contributed by atoms with E-state index in [2.05, 4.69) is 34.7 Å². The molecule has 178 valence electrons. The number of nitrogen functional groups attached to an aromatic ring is 1. The number of aromatic nitrogens is 5. The van der Waals surface area contributed by atoms with Gasteiger partial charge in [-0.15, -0.1) is 0 Å². The van der Waals surface area contributed by atoms with Crippen LogP contribution >= 0.6 is 0 Å². The molecule has 3 N–H and O–H groups in total. The van der Waals surface area contributed by atoms with Gasteiger partial charge in [0.25, 0.3) is 0 Å². The maximum absolute atomic E-state index is 11.5. The third-order valence-corrected chi connectivity index (χ3v) is 8.17. The lowest BCUT2D eigenvalue weighted by molar-refractivity contribution is -0.138. The zero-order valence-corrected chi connectivity index (χ0v) is 20.7. The highest BCUT2D eigenvalue weighted by Gasteiger charge is 2.30. The van der Waals surface area contributed by atoms with E-state index in [9.17, 15) is 9.90 Å². The van der Waals surface area contributed by atoms with Gasteiger partial charge in [0.2, 0.25) is 0 Å². The van der Waals surface area contributed by atoms with Crippen LogP contribution in [-0.2, 0) is 16.3 Å². The lowest BCUT2D eigenvalue weighted by Gasteiger charge is -2.22. The molecule has 3 heterocycles. The first-order valence-electron chi connectivity index (χ1n) is 11.7. The summed E-state index contributed by atoms with van der Waals surface area (Å²) in [6.45, 7) is 8.17. The molecule has 0 aromatic carbocycles. The molecule has 0 bridgehead atoms. The standard InChI is InChI=1S/C23H34N6O3Si/c1-33(2,3)11-10-32-15-28-9-8-17-21(25-14-26-23(17)28)18-13-29(27-22(18)24)19(12-20(30)31)16-6-4-5-7-16/h8-9,13-14,16,19H,4-7,10-12,15H2,1-3H3,(H2,24,27)(H,30,31)/t19-/m1/s1. The van der Waals surface area contributed by atoms with E-state index < -0.39 is 14.0 Å². The first kappa shape index (κ1) is 23.4. The molecular formula is C23H34N6O3Si. The summed E-state index contributed by atoms with van der Waals surface area (Å²) < 4.78 is 9.62. The molecule has 3 aromatic heterocycles. The second kappa shape index (κ2) is 9.64. The number of rotatable bonds is 10. The van der Waals surface area contributed by atoms with E-state index in [1.165, 1.54) is 6.33 Å². The molecule has 1 aliphatic rings. The third kappa shape index (κ3) is 5.44. The Morgan fingerprint density at radius 1 is 1.30 bits per heavy atom. The van der Waals surface area contributed by atoms with Crippen LogP contribution in [0.3, 0.4) is 0 Å². The van der Waals surface area contributed by atoms with Crippen molar-refractivity contribution in [1.82, 2.24) is 24.3 Å². The van der Waals surface area contributed by atoms with E-state index in [4.69, 9.17) is 10.5 Å². The molecule has 0 unspecified atom stereocenters. The number of carboxylic acids is 1. The number of hydrogen-bond acceptors (Lipinski definition) is 6. The topological polar surface area (TPSA) is 121 Å². The molecule has 0 saturated heterocycles. The van der Waals surface area contributed by atoms with Crippen molar-refractivity contribution in [3.05, 3.63) is 24.8 Å². The normalized spacial score (nSPS) is 16.0. The van der Waals surface area contributed by atoms with Crippen LogP contribution in [0.25, 0.3) is 22.3 Å². The number of carbonyl (C=O) groups is 1. The zero-order valence-electron chi connectivity index (χ0n) is 19.7. The molecule has 0 aliphatic heterocycles. The van der Waals surface area contributed by atoms with E-state index in [1.807, 2.05) is 23.0 Å². The molecule has 10 heteroatoms. The molecule has 4 rings (SSSR count).